The molecule has 0 N–H and O–H groups in total. The Labute approximate surface area is 187 Å². The second-order valence-electron chi connectivity index (χ2n) is 8.71. The predicted molar refractivity (Wildman–Crippen MR) is 124 cm³/mol. The third kappa shape index (κ3) is 3.22. The van der Waals surface area contributed by atoms with Crippen LogP contribution in [0.3, 0.4) is 0 Å². The zero-order valence-electron chi connectivity index (χ0n) is 18.1. The molecule has 32 heavy (non-hydrogen) atoms. The minimum Gasteiger partial charge on any atom is -0.454 e. The van der Waals surface area contributed by atoms with Gasteiger partial charge in [-0.1, -0.05) is 24.3 Å². The molecule has 1 saturated heterocycles. The first-order valence-electron chi connectivity index (χ1n) is 11.2. The van der Waals surface area contributed by atoms with Crippen molar-refractivity contribution in [2.24, 2.45) is 0 Å². The largest absolute Gasteiger partial charge is 0.454 e. The Hall–Kier alpha value is -3.38. The monoisotopic (exact) mass is 427 g/mol. The molecule has 6 nitrogen and oxygen atoms in total. The number of allylic oxidation sites excluding steroid dienone is 1. The van der Waals surface area contributed by atoms with Crippen LogP contribution in [0.15, 0.2) is 42.5 Å². The van der Waals surface area contributed by atoms with Crippen LogP contribution in [0.5, 0.6) is 11.5 Å². The van der Waals surface area contributed by atoms with Crippen LogP contribution in [-0.2, 0) is 6.42 Å². The van der Waals surface area contributed by atoms with Crippen molar-refractivity contribution in [2.45, 2.75) is 12.8 Å². The van der Waals surface area contributed by atoms with Gasteiger partial charge in [0.15, 0.2) is 11.5 Å². The lowest BCUT2D eigenvalue weighted by Crippen LogP contribution is -2.47. The van der Waals surface area contributed by atoms with Crippen molar-refractivity contribution in [2.75, 3.05) is 40.0 Å². The molecule has 162 valence electrons. The van der Waals surface area contributed by atoms with Crippen LogP contribution < -0.4 is 9.47 Å². The lowest BCUT2D eigenvalue weighted by molar-refractivity contribution is 0.0665. The lowest BCUT2D eigenvalue weighted by Gasteiger charge is -2.33. The number of benzene rings is 2. The number of rotatable bonds is 2. The van der Waals surface area contributed by atoms with E-state index in [0.29, 0.717) is 0 Å². The van der Waals surface area contributed by atoms with Gasteiger partial charge in [0.1, 0.15) is 0 Å². The topological polar surface area (TPSA) is 54.9 Å². The summed E-state index contributed by atoms with van der Waals surface area (Å²) in [6.45, 7) is 3.61. The van der Waals surface area contributed by atoms with Gasteiger partial charge in [-0.3, -0.25) is 4.79 Å². The van der Waals surface area contributed by atoms with E-state index in [1.807, 2.05) is 47.4 Å². The van der Waals surface area contributed by atoms with Crippen LogP contribution in [0.1, 0.15) is 33.6 Å². The summed E-state index contributed by atoms with van der Waals surface area (Å²) >= 11 is 0. The number of aromatic nitrogens is 1. The number of amides is 1. The minimum absolute atomic E-state index is 0.136. The van der Waals surface area contributed by atoms with Gasteiger partial charge in [0, 0.05) is 31.6 Å². The fraction of sp³-hybridized carbons (Fsp3) is 0.308. The average molecular weight is 428 g/mol. The molecule has 0 atom stereocenters. The Morgan fingerprint density at radius 2 is 1.81 bits per heavy atom. The summed E-state index contributed by atoms with van der Waals surface area (Å²) in [6.07, 6.45) is 3.87. The molecule has 2 aromatic carbocycles. The maximum absolute atomic E-state index is 13.7. The highest BCUT2D eigenvalue weighted by Gasteiger charge is 2.30. The molecule has 1 aromatic heterocycles. The Kier molecular flexibility index (Phi) is 4.61. The van der Waals surface area contributed by atoms with Gasteiger partial charge >= 0.3 is 0 Å². The van der Waals surface area contributed by atoms with E-state index in [9.17, 15) is 4.79 Å². The van der Waals surface area contributed by atoms with Gasteiger partial charge in [-0.05, 0) is 60.9 Å². The molecule has 2 aliphatic heterocycles. The number of hydrogen-bond donors (Lipinski definition) is 0. The highest BCUT2D eigenvalue weighted by molar-refractivity contribution is 6.09. The number of pyridine rings is 1. The van der Waals surface area contributed by atoms with Crippen molar-refractivity contribution in [3.8, 4) is 11.5 Å². The number of carbonyl (C=O) groups is 1. The van der Waals surface area contributed by atoms with Crippen molar-refractivity contribution in [1.82, 2.24) is 14.8 Å². The molecular formula is C26H25N3O3. The zero-order valence-corrected chi connectivity index (χ0v) is 18.1. The third-order valence-corrected chi connectivity index (χ3v) is 6.68. The molecule has 1 fully saturated rings. The molecule has 1 amide bonds. The first-order valence-corrected chi connectivity index (χ1v) is 11.2. The summed E-state index contributed by atoms with van der Waals surface area (Å²) in [5, 5.41) is 0.958. The summed E-state index contributed by atoms with van der Waals surface area (Å²) in [5.74, 6) is 1.69. The highest BCUT2D eigenvalue weighted by atomic mass is 16.7. The number of para-hydroxylation sites is 1. The number of hydrogen-bond acceptors (Lipinski definition) is 5. The van der Waals surface area contributed by atoms with Crippen molar-refractivity contribution < 1.29 is 14.3 Å². The molecule has 0 bridgehead atoms. The van der Waals surface area contributed by atoms with Gasteiger partial charge in [-0.25, -0.2) is 4.98 Å². The zero-order chi connectivity index (χ0) is 21.7. The lowest BCUT2D eigenvalue weighted by atomic mass is 9.99. The Balaban J connectivity index is 1.44. The molecule has 1 aliphatic carbocycles. The third-order valence-electron chi connectivity index (χ3n) is 6.68. The number of ether oxygens (including phenoxy) is 2. The summed E-state index contributed by atoms with van der Waals surface area (Å²) < 4.78 is 11.0. The van der Waals surface area contributed by atoms with Crippen molar-refractivity contribution in [3.05, 3.63) is 64.8 Å². The first kappa shape index (κ1) is 19.3. The number of nitrogens with zero attached hydrogens (tertiary/aromatic N) is 3. The molecule has 0 saturated carbocycles. The molecular weight excluding hydrogens is 402 g/mol. The quantitative estimate of drug-likeness (QED) is 0.622. The normalized spacial score (nSPS) is 19.0. The first-order chi connectivity index (χ1) is 15.7. The molecule has 0 spiro atoms. The standard InChI is InChI=1S/C26H25N3O3/c1-28-10-12-29(13-11-28)26(30)24-19-4-2-3-5-21(19)27-25-18(7-8-20(24)25)14-17-6-9-22-23(15-17)32-16-31-22/h2-6,9,14-15H,7-8,10-13,16H2,1H3. The van der Waals surface area contributed by atoms with Crippen LogP contribution in [0.4, 0.5) is 0 Å². The van der Waals surface area contributed by atoms with Gasteiger partial charge < -0.3 is 19.3 Å². The fourth-order valence-electron chi connectivity index (χ4n) is 4.90. The van der Waals surface area contributed by atoms with E-state index in [2.05, 4.69) is 18.0 Å². The van der Waals surface area contributed by atoms with Crippen LogP contribution >= 0.6 is 0 Å². The SMILES string of the molecule is CN1CCN(C(=O)c2c3c(nc4ccccc24)C(=Cc2ccc4c(c2)OCO4)CC3)CC1. The number of likely N-dealkylation sites (N-methyl/N-ethyl adjacent to an activating group) is 1. The molecule has 6 heteroatoms. The Bertz CT molecular complexity index is 1260. The van der Waals surface area contributed by atoms with Crippen LogP contribution in [0.2, 0.25) is 0 Å². The number of piperazine rings is 1. The minimum atomic E-state index is 0.136. The van der Waals surface area contributed by atoms with Crippen LogP contribution in [-0.4, -0.2) is 60.7 Å². The molecule has 3 aliphatic rings. The number of fused-ring (bicyclic) bond motifs is 3. The maximum atomic E-state index is 13.7. The summed E-state index contributed by atoms with van der Waals surface area (Å²) in [5.41, 5.74) is 5.97. The van der Waals surface area contributed by atoms with Crippen molar-refractivity contribution >= 4 is 28.5 Å². The number of carbonyl (C=O) groups excluding carboxylic acids is 1. The molecule has 0 unspecified atom stereocenters. The average Bonchev–Trinajstić information content (AvgIpc) is 3.44. The van der Waals surface area contributed by atoms with Gasteiger partial charge in [-0.2, -0.15) is 0 Å². The molecule has 0 radical (unpaired) electrons. The second kappa shape index (κ2) is 7.64. The van der Waals surface area contributed by atoms with Gasteiger partial charge in [-0.15, -0.1) is 0 Å². The second-order valence-corrected chi connectivity index (χ2v) is 8.71. The molecule has 3 heterocycles. The van der Waals surface area contributed by atoms with Crippen LogP contribution in [0.25, 0.3) is 22.6 Å². The smallest absolute Gasteiger partial charge is 0.254 e. The van der Waals surface area contributed by atoms with Gasteiger partial charge in [0.05, 0.1) is 16.8 Å². The van der Waals surface area contributed by atoms with E-state index in [1.54, 1.807) is 0 Å². The van der Waals surface area contributed by atoms with Crippen molar-refractivity contribution in [1.29, 1.82) is 0 Å². The summed E-state index contributed by atoms with van der Waals surface area (Å²) in [4.78, 5) is 23.0. The van der Waals surface area contributed by atoms with E-state index >= 15 is 0 Å². The van der Waals surface area contributed by atoms with Crippen molar-refractivity contribution in [3.63, 3.8) is 0 Å². The summed E-state index contributed by atoms with van der Waals surface area (Å²) in [7, 11) is 2.11. The molecule has 3 aromatic rings. The van der Waals surface area contributed by atoms with E-state index in [4.69, 9.17) is 14.5 Å². The van der Waals surface area contributed by atoms with E-state index in [-0.39, 0.29) is 12.7 Å². The maximum Gasteiger partial charge on any atom is 0.254 e. The highest BCUT2D eigenvalue weighted by Crippen LogP contribution is 2.39. The van der Waals surface area contributed by atoms with Gasteiger partial charge in [0.2, 0.25) is 6.79 Å². The van der Waals surface area contributed by atoms with Gasteiger partial charge in [0.25, 0.3) is 5.91 Å². The van der Waals surface area contributed by atoms with E-state index in [1.165, 1.54) is 0 Å². The van der Waals surface area contributed by atoms with E-state index < -0.39 is 0 Å². The fourth-order valence-corrected chi connectivity index (χ4v) is 4.90. The van der Waals surface area contributed by atoms with Crippen LogP contribution in [0, 0.1) is 0 Å². The summed E-state index contributed by atoms with van der Waals surface area (Å²) in [6, 6.07) is 14.0. The molecule has 6 rings (SSSR count). The van der Waals surface area contributed by atoms with E-state index in [0.717, 1.165) is 89.4 Å². The Morgan fingerprint density at radius 1 is 1.00 bits per heavy atom. The predicted octanol–water partition coefficient (Wildman–Crippen LogP) is 3.84. The Morgan fingerprint density at radius 3 is 2.69 bits per heavy atom.